The zero-order valence-electron chi connectivity index (χ0n) is 9.40. The molecule has 6 heteroatoms. The first-order valence-corrected chi connectivity index (χ1v) is 5.23. The molecule has 1 aliphatic heterocycles. The lowest BCUT2D eigenvalue weighted by Gasteiger charge is -2.22. The van der Waals surface area contributed by atoms with Gasteiger partial charge in [0.2, 0.25) is 11.6 Å². The van der Waals surface area contributed by atoms with Crippen molar-refractivity contribution in [1.82, 2.24) is 0 Å². The lowest BCUT2D eigenvalue weighted by Crippen LogP contribution is -2.19. The number of hydrogen-bond acceptors (Lipinski definition) is 5. The van der Waals surface area contributed by atoms with Gasteiger partial charge in [0.25, 0.3) is 0 Å². The first-order chi connectivity index (χ1) is 8.19. The minimum absolute atomic E-state index is 0.0149. The van der Waals surface area contributed by atoms with Crippen molar-refractivity contribution in [3.8, 4) is 17.2 Å². The van der Waals surface area contributed by atoms with E-state index in [1.54, 1.807) is 0 Å². The van der Waals surface area contributed by atoms with E-state index in [-0.39, 0.29) is 36.0 Å². The van der Waals surface area contributed by atoms with Gasteiger partial charge in [-0.3, -0.25) is 0 Å². The van der Waals surface area contributed by atoms with Crippen molar-refractivity contribution in [1.29, 1.82) is 0 Å². The SMILES string of the molecule is COc1c(C(O)CN)cc2c(c1F)OCCO2. The molecule has 17 heavy (non-hydrogen) atoms. The highest BCUT2D eigenvalue weighted by molar-refractivity contribution is 5.53. The summed E-state index contributed by atoms with van der Waals surface area (Å²) in [5, 5.41) is 9.70. The molecule has 1 heterocycles. The molecule has 1 aromatic carbocycles. The molecule has 0 aromatic heterocycles. The van der Waals surface area contributed by atoms with Gasteiger partial charge in [-0.05, 0) is 6.07 Å². The van der Waals surface area contributed by atoms with Gasteiger partial charge >= 0.3 is 0 Å². The van der Waals surface area contributed by atoms with E-state index in [4.69, 9.17) is 19.9 Å². The third-order valence-electron chi connectivity index (χ3n) is 2.54. The highest BCUT2D eigenvalue weighted by Gasteiger charge is 2.26. The number of nitrogens with two attached hydrogens (primary N) is 1. The molecule has 0 saturated heterocycles. The molecule has 1 aliphatic rings. The molecule has 0 spiro atoms. The fraction of sp³-hybridized carbons (Fsp3) is 0.455. The number of aliphatic hydroxyl groups is 1. The number of aliphatic hydroxyl groups excluding tert-OH is 1. The monoisotopic (exact) mass is 243 g/mol. The molecule has 1 unspecified atom stereocenters. The zero-order valence-corrected chi connectivity index (χ0v) is 9.40. The molecule has 5 nitrogen and oxygen atoms in total. The Hall–Kier alpha value is -1.53. The molecule has 1 aromatic rings. The quantitative estimate of drug-likeness (QED) is 0.813. The maximum atomic E-state index is 14.0. The number of ether oxygens (including phenoxy) is 3. The first-order valence-electron chi connectivity index (χ1n) is 5.23. The van der Waals surface area contributed by atoms with Crippen molar-refractivity contribution in [3.63, 3.8) is 0 Å². The fourth-order valence-electron chi connectivity index (χ4n) is 1.73. The fourth-order valence-corrected chi connectivity index (χ4v) is 1.73. The molecular formula is C11H14FNO4. The Balaban J connectivity index is 2.55. The molecule has 2 rings (SSSR count). The molecular weight excluding hydrogens is 229 g/mol. The summed E-state index contributed by atoms with van der Waals surface area (Å²) in [7, 11) is 1.32. The maximum Gasteiger partial charge on any atom is 0.211 e. The average Bonchev–Trinajstić information content (AvgIpc) is 2.37. The van der Waals surface area contributed by atoms with Crippen molar-refractivity contribution >= 4 is 0 Å². The molecule has 94 valence electrons. The molecule has 0 radical (unpaired) electrons. The molecule has 0 saturated carbocycles. The van der Waals surface area contributed by atoms with Gasteiger partial charge in [0.15, 0.2) is 11.5 Å². The Morgan fingerprint density at radius 3 is 2.88 bits per heavy atom. The molecule has 0 fully saturated rings. The van der Waals surface area contributed by atoms with E-state index in [0.29, 0.717) is 6.61 Å². The summed E-state index contributed by atoms with van der Waals surface area (Å²) in [6.45, 7) is 0.595. The van der Waals surface area contributed by atoms with E-state index >= 15 is 0 Å². The Kier molecular flexibility index (Phi) is 3.35. The van der Waals surface area contributed by atoms with E-state index in [1.165, 1.54) is 13.2 Å². The third kappa shape index (κ3) is 2.01. The van der Waals surface area contributed by atoms with Gasteiger partial charge < -0.3 is 25.1 Å². The summed E-state index contributed by atoms with van der Waals surface area (Å²) >= 11 is 0. The first kappa shape index (κ1) is 11.9. The highest BCUT2D eigenvalue weighted by Crippen LogP contribution is 2.42. The summed E-state index contributed by atoms with van der Waals surface area (Å²) in [4.78, 5) is 0. The summed E-state index contributed by atoms with van der Waals surface area (Å²) in [6.07, 6.45) is -1.00. The van der Waals surface area contributed by atoms with E-state index in [0.717, 1.165) is 0 Å². The molecule has 0 amide bonds. The predicted molar refractivity (Wildman–Crippen MR) is 58.0 cm³/mol. The normalized spacial score (nSPS) is 15.5. The number of hydrogen-bond donors (Lipinski definition) is 2. The van der Waals surface area contributed by atoms with E-state index < -0.39 is 11.9 Å². The predicted octanol–water partition coefficient (Wildman–Crippen LogP) is 0.598. The van der Waals surface area contributed by atoms with Crippen LogP contribution in [-0.2, 0) is 0 Å². The topological polar surface area (TPSA) is 73.9 Å². The average molecular weight is 243 g/mol. The second-order valence-electron chi connectivity index (χ2n) is 3.59. The van der Waals surface area contributed by atoms with Crippen LogP contribution < -0.4 is 19.9 Å². The van der Waals surface area contributed by atoms with Crippen LogP contribution in [0.4, 0.5) is 4.39 Å². The minimum Gasteiger partial charge on any atom is -0.493 e. The number of rotatable bonds is 3. The van der Waals surface area contributed by atoms with Crippen molar-refractivity contribution < 1.29 is 23.7 Å². The zero-order chi connectivity index (χ0) is 12.4. The van der Waals surface area contributed by atoms with E-state index in [2.05, 4.69) is 0 Å². The van der Waals surface area contributed by atoms with Crippen molar-refractivity contribution in [2.75, 3.05) is 26.9 Å². The Labute approximate surface area is 97.9 Å². The third-order valence-corrected chi connectivity index (χ3v) is 2.54. The van der Waals surface area contributed by atoms with Gasteiger partial charge in [-0.15, -0.1) is 0 Å². The second kappa shape index (κ2) is 4.77. The van der Waals surface area contributed by atoms with Crippen LogP contribution in [0.2, 0.25) is 0 Å². The summed E-state index contributed by atoms with van der Waals surface area (Å²) < 4.78 is 29.4. The molecule has 0 bridgehead atoms. The van der Waals surface area contributed by atoms with Gasteiger partial charge in [-0.25, -0.2) is 0 Å². The number of methoxy groups -OCH3 is 1. The van der Waals surface area contributed by atoms with Crippen LogP contribution in [0.3, 0.4) is 0 Å². The van der Waals surface area contributed by atoms with Crippen LogP contribution in [0.15, 0.2) is 6.07 Å². The van der Waals surface area contributed by atoms with Crippen LogP contribution in [0.25, 0.3) is 0 Å². The smallest absolute Gasteiger partial charge is 0.211 e. The highest BCUT2D eigenvalue weighted by atomic mass is 19.1. The summed E-state index contributed by atoms with van der Waals surface area (Å²) in [6, 6.07) is 1.49. The number of halogens is 1. The van der Waals surface area contributed by atoms with Crippen LogP contribution in [0, 0.1) is 5.82 Å². The van der Waals surface area contributed by atoms with Crippen molar-refractivity contribution in [3.05, 3.63) is 17.4 Å². The number of benzene rings is 1. The largest absolute Gasteiger partial charge is 0.493 e. The standard InChI is InChI=1S/C11H14FNO4/c1-15-10-6(7(14)5-13)4-8-11(9(10)12)17-3-2-16-8/h4,7,14H,2-3,5,13H2,1H3. The molecule has 0 aliphatic carbocycles. The van der Waals surface area contributed by atoms with Crippen LogP contribution >= 0.6 is 0 Å². The summed E-state index contributed by atoms with van der Waals surface area (Å²) in [5.74, 6) is -0.461. The van der Waals surface area contributed by atoms with Crippen molar-refractivity contribution in [2.45, 2.75) is 6.10 Å². The van der Waals surface area contributed by atoms with Crippen LogP contribution in [0.5, 0.6) is 17.2 Å². The minimum atomic E-state index is -1.00. The number of fused-ring (bicyclic) bond motifs is 1. The maximum absolute atomic E-state index is 14.0. The van der Waals surface area contributed by atoms with Gasteiger partial charge in [0.1, 0.15) is 13.2 Å². The Morgan fingerprint density at radius 2 is 2.24 bits per heavy atom. The molecule has 1 atom stereocenters. The van der Waals surface area contributed by atoms with Gasteiger partial charge in [0.05, 0.1) is 13.2 Å². The van der Waals surface area contributed by atoms with Gasteiger partial charge in [-0.2, -0.15) is 4.39 Å². The lowest BCUT2D eigenvalue weighted by atomic mass is 10.1. The van der Waals surface area contributed by atoms with E-state index in [9.17, 15) is 9.50 Å². The lowest BCUT2D eigenvalue weighted by molar-refractivity contribution is 0.155. The summed E-state index contributed by atoms with van der Waals surface area (Å²) in [5.41, 5.74) is 5.61. The van der Waals surface area contributed by atoms with Gasteiger partial charge in [0, 0.05) is 12.1 Å². The Bertz CT molecular complexity index is 424. The van der Waals surface area contributed by atoms with Crippen LogP contribution in [-0.4, -0.2) is 32.0 Å². The van der Waals surface area contributed by atoms with E-state index in [1.807, 2.05) is 0 Å². The second-order valence-corrected chi connectivity index (χ2v) is 3.59. The molecule has 3 N–H and O–H groups in total. The Morgan fingerprint density at radius 1 is 1.53 bits per heavy atom. The van der Waals surface area contributed by atoms with Crippen LogP contribution in [0.1, 0.15) is 11.7 Å². The van der Waals surface area contributed by atoms with Crippen molar-refractivity contribution in [2.24, 2.45) is 5.73 Å². The van der Waals surface area contributed by atoms with Gasteiger partial charge in [-0.1, -0.05) is 0 Å².